The van der Waals surface area contributed by atoms with Gasteiger partial charge in [-0.1, -0.05) is 0 Å². The molecule has 0 atom stereocenters. The monoisotopic (exact) mass is 290 g/mol. The van der Waals surface area contributed by atoms with Crippen LogP contribution in [0.15, 0.2) is 42.7 Å². The van der Waals surface area contributed by atoms with Gasteiger partial charge in [0.2, 0.25) is 6.79 Å². The number of benzene rings is 1. The molecule has 1 radical (unpaired) electrons. The highest BCUT2D eigenvalue weighted by atomic mass is 16.7. The fourth-order valence-electron chi connectivity index (χ4n) is 2.39. The van der Waals surface area contributed by atoms with Crippen LogP contribution >= 0.6 is 0 Å². The average molecular weight is 290 g/mol. The van der Waals surface area contributed by atoms with Crippen LogP contribution in [0.5, 0.6) is 11.5 Å². The second kappa shape index (κ2) is 5.11. The Kier molecular flexibility index (Phi) is 2.96. The molecule has 0 saturated carbocycles. The molecule has 0 spiro atoms. The largest absolute Gasteiger partial charge is 0.454 e. The summed E-state index contributed by atoms with van der Waals surface area (Å²) >= 11 is 0. The normalized spacial score (nSPS) is 12.4. The van der Waals surface area contributed by atoms with Crippen LogP contribution in [0.25, 0.3) is 22.5 Å². The van der Waals surface area contributed by atoms with Crippen molar-refractivity contribution in [3.05, 3.63) is 54.6 Å². The smallest absolute Gasteiger partial charge is 0.231 e. The molecule has 5 heteroatoms. The highest BCUT2D eigenvalue weighted by Gasteiger charge is 2.17. The molecule has 1 aliphatic rings. The number of ether oxygens (including phenoxy) is 2. The lowest BCUT2D eigenvalue weighted by molar-refractivity contribution is 0.174. The summed E-state index contributed by atoms with van der Waals surface area (Å²) in [6, 6.07) is 9.58. The summed E-state index contributed by atoms with van der Waals surface area (Å²) in [7, 11) is 0. The molecule has 0 aliphatic carbocycles. The lowest BCUT2D eigenvalue weighted by Gasteiger charge is -2.09. The molecule has 0 amide bonds. The van der Waals surface area contributed by atoms with Gasteiger partial charge >= 0.3 is 0 Å². The molecule has 3 aromatic rings. The molecule has 5 nitrogen and oxygen atoms in total. The molecular weight excluding hydrogens is 278 g/mol. The number of aromatic nitrogens is 3. The van der Waals surface area contributed by atoms with Gasteiger partial charge in [-0.2, -0.15) is 0 Å². The SMILES string of the molecule is Cc1[c]nc(-c2ccc3c(c2)OCO3)c(-c2ccncc2)n1. The van der Waals surface area contributed by atoms with Crippen LogP contribution in [0, 0.1) is 13.1 Å². The first-order chi connectivity index (χ1) is 10.8. The summed E-state index contributed by atoms with van der Waals surface area (Å²) in [5.74, 6) is 1.47. The first-order valence-electron chi connectivity index (χ1n) is 6.88. The van der Waals surface area contributed by atoms with Gasteiger partial charge in [-0.15, -0.1) is 0 Å². The van der Waals surface area contributed by atoms with Gasteiger partial charge in [-0.05, 0) is 37.3 Å². The highest BCUT2D eigenvalue weighted by molar-refractivity contribution is 5.78. The van der Waals surface area contributed by atoms with Gasteiger partial charge in [0, 0.05) is 23.5 Å². The second-order valence-electron chi connectivity index (χ2n) is 4.92. The fourth-order valence-corrected chi connectivity index (χ4v) is 2.39. The Hall–Kier alpha value is -2.95. The summed E-state index contributed by atoms with van der Waals surface area (Å²) in [6.07, 6.45) is 6.41. The van der Waals surface area contributed by atoms with Crippen molar-refractivity contribution in [3.63, 3.8) is 0 Å². The predicted molar refractivity (Wildman–Crippen MR) is 80.4 cm³/mol. The molecule has 4 rings (SSSR count). The molecule has 0 unspecified atom stereocenters. The van der Waals surface area contributed by atoms with Crippen molar-refractivity contribution >= 4 is 0 Å². The molecule has 22 heavy (non-hydrogen) atoms. The van der Waals surface area contributed by atoms with Crippen LogP contribution in [-0.2, 0) is 0 Å². The van der Waals surface area contributed by atoms with E-state index in [9.17, 15) is 0 Å². The van der Waals surface area contributed by atoms with Crippen LogP contribution in [-0.4, -0.2) is 21.7 Å². The third kappa shape index (κ3) is 2.16. The summed E-state index contributed by atoms with van der Waals surface area (Å²) in [4.78, 5) is 13.1. The molecule has 0 saturated heterocycles. The van der Waals surface area contributed by atoms with Gasteiger partial charge in [0.25, 0.3) is 0 Å². The summed E-state index contributed by atoms with van der Waals surface area (Å²) < 4.78 is 10.8. The van der Waals surface area contributed by atoms with E-state index in [2.05, 4.69) is 21.1 Å². The van der Waals surface area contributed by atoms with Gasteiger partial charge < -0.3 is 9.47 Å². The van der Waals surface area contributed by atoms with Crippen LogP contribution in [0.1, 0.15) is 5.69 Å². The van der Waals surface area contributed by atoms with Gasteiger partial charge in [-0.3, -0.25) is 4.98 Å². The van der Waals surface area contributed by atoms with Crippen molar-refractivity contribution in [1.82, 2.24) is 15.0 Å². The van der Waals surface area contributed by atoms with E-state index in [-0.39, 0.29) is 6.79 Å². The van der Waals surface area contributed by atoms with Crippen molar-refractivity contribution in [2.45, 2.75) is 6.92 Å². The average Bonchev–Trinajstić information content (AvgIpc) is 3.03. The van der Waals surface area contributed by atoms with Crippen LogP contribution in [0.4, 0.5) is 0 Å². The summed E-state index contributed by atoms with van der Waals surface area (Å²) in [5, 5.41) is 0. The number of aryl methyl sites for hydroxylation is 1. The van der Waals surface area contributed by atoms with Crippen molar-refractivity contribution in [2.24, 2.45) is 0 Å². The molecular formula is C17H12N3O2. The number of rotatable bonds is 2. The molecule has 2 aromatic heterocycles. The molecule has 1 aliphatic heterocycles. The Balaban J connectivity index is 1.89. The first kappa shape index (κ1) is 12.8. The maximum absolute atomic E-state index is 5.44. The maximum atomic E-state index is 5.44. The van der Waals surface area contributed by atoms with Crippen LogP contribution < -0.4 is 9.47 Å². The molecule has 107 valence electrons. The quantitative estimate of drug-likeness (QED) is 0.726. The Labute approximate surface area is 127 Å². The minimum absolute atomic E-state index is 0.252. The minimum atomic E-state index is 0.252. The van der Waals surface area contributed by atoms with E-state index in [0.717, 1.165) is 39.7 Å². The minimum Gasteiger partial charge on any atom is -0.454 e. The zero-order valence-corrected chi connectivity index (χ0v) is 11.9. The van der Waals surface area contributed by atoms with E-state index in [1.165, 1.54) is 0 Å². The highest BCUT2D eigenvalue weighted by Crippen LogP contribution is 2.37. The Morgan fingerprint density at radius 1 is 0.955 bits per heavy atom. The number of hydrogen-bond donors (Lipinski definition) is 0. The third-order valence-electron chi connectivity index (χ3n) is 3.43. The van der Waals surface area contributed by atoms with E-state index in [1.54, 1.807) is 12.4 Å². The fraction of sp³-hybridized carbons (Fsp3) is 0.118. The predicted octanol–water partition coefficient (Wildman–Crippen LogP) is 3.04. The van der Waals surface area contributed by atoms with Crippen molar-refractivity contribution < 1.29 is 9.47 Å². The maximum Gasteiger partial charge on any atom is 0.231 e. The van der Waals surface area contributed by atoms with Gasteiger partial charge in [0.1, 0.15) is 6.20 Å². The molecule has 0 fully saturated rings. The molecule has 1 aromatic carbocycles. The molecule has 3 heterocycles. The van der Waals surface area contributed by atoms with Crippen LogP contribution in [0.2, 0.25) is 0 Å². The Morgan fingerprint density at radius 3 is 2.64 bits per heavy atom. The Morgan fingerprint density at radius 2 is 1.77 bits per heavy atom. The lowest BCUT2D eigenvalue weighted by Crippen LogP contribution is -1.96. The lowest BCUT2D eigenvalue weighted by atomic mass is 10.0. The number of pyridine rings is 1. The number of fused-ring (bicyclic) bond motifs is 1. The van der Waals surface area contributed by atoms with Crippen LogP contribution in [0.3, 0.4) is 0 Å². The van der Waals surface area contributed by atoms with Crippen molar-refractivity contribution in [1.29, 1.82) is 0 Å². The second-order valence-corrected chi connectivity index (χ2v) is 4.92. The van der Waals surface area contributed by atoms with Gasteiger partial charge in [-0.25, -0.2) is 9.97 Å². The standard InChI is InChI=1S/C17H12N3O2/c1-11-9-19-16(17(20-11)12-4-6-18-7-5-12)13-2-3-14-15(8-13)22-10-21-14/h2-8H,10H2,1H3. The Bertz CT molecular complexity index is 835. The number of nitrogens with zero attached hydrogens (tertiary/aromatic N) is 3. The number of hydrogen-bond acceptors (Lipinski definition) is 5. The van der Waals surface area contributed by atoms with E-state index in [1.807, 2.05) is 37.3 Å². The summed E-state index contributed by atoms with van der Waals surface area (Å²) in [6.45, 7) is 2.13. The zero-order valence-electron chi connectivity index (χ0n) is 11.9. The van der Waals surface area contributed by atoms with Crippen molar-refractivity contribution in [2.75, 3.05) is 6.79 Å². The topological polar surface area (TPSA) is 57.1 Å². The van der Waals surface area contributed by atoms with Gasteiger partial charge in [0.15, 0.2) is 11.5 Å². The van der Waals surface area contributed by atoms with E-state index >= 15 is 0 Å². The third-order valence-corrected chi connectivity index (χ3v) is 3.43. The van der Waals surface area contributed by atoms with E-state index in [4.69, 9.17) is 9.47 Å². The van der Waals surface area contributed by atoms with E-state index in [0.29, 0.717) is 0 Å². The first-order valence-corrected chi connectivity index (χ1v) is 6.88. The molecule has 0 bridgehead atoms. The van der Waals surface area contributed by atoms with Crippen molar-refractivity contribution in [3.8, 4) is 34.0 Å². The van der Waals surface area contributed by atoms with Gasteiger partial charge in [0.05, 0.1) is 17.1 Å². The summed E-state index contributed by atoms with van der Waals surface area (Å²) in [5.41, 5.74) is 4.19. The van der Waals surface area contributed by atoms with E-state index < -0.39 is 0 Å². The zero-order chi connectivity index (χ0) is 14.9. The molecule has 0 N–H and O–H groups in total.